The fraction of sp³-hybridized carbons (Fsp3) is 0.667. The minimum absolute atomic E-state index is 0.471. The van der Waals surface area contributed by atoms with Crippen LogP contribution < -0.4 is 5.73 Å². The van der Waals surface area contributed by atoms with Gasteiger partial charge in [0.1, 0.15) is 5.82 Å². The maximum atomic E-state index is 6.01. The van der Waals surface area contributed by atoms with Crippen LogP contribution in [0, 0.1) is 0 Å². The second kappa shape index (κ2) is 4.47. The highest BCUT2D eigenvalue weighted by atomic mass is 16.5. The summed E-state index contributed by atoms with van der Waals surface area (Å²) >= 11 is 0. The van der Waals surface area contributed by atoms with E-state index < -0.39 is 5.54 Å². The predicted octanol–water partition coefficient (Wildman–Crippen LogP) is 1.56. The van der Waals surface area contributed by atoms with Crippen LogP contribution in [-0.4, -0.2) is 23.2 Å². The zero-order valence-corrected chi connectivity index (χ0v) is 9.94. The van der Waals surface area contributed by atoms with Gasteiger partial charge in [-0.3, -0.25) is 0 Å². The molecule has 0 amide bonds. The summed E-state index contributed by atoms with van der Waals surface area (Å²) in [5.74, 6) is 1.22. The molecule has 4 heteroatoms. The summed E-state index contributed by atoms with van der Waals surface area (Å²) in [4.78, 5) is 8.81. The summed E-state index contributed by atoms with van der Waals surface area (Å²) in [5, 5.41) is 0. The second-order valence-corrected chi connectivity index (χ2v) is 4.91. The minimum atomic E-state index is -0.471. The normalized spacial score (nSPS) is 18.7. The van der Waals surface area contributed by atoms with Crippen LogP contribution in [0.1, 0.15) is 44.1 Å². The molecule has 0 spiro atoms. The van der Waals surface area contributed by atoms with Crippen LogP contribution in [-0.2, 0) is 10.3 Å². The van der Waals surface area contributed by atoms with E-state index in [2.05, 4.69) is 9.97 Å². The van der Waals surface area contributed by atoms with Crippen molar-refractivity contribution in [1.82, 2.24) is 9.97 Å². The molecule has 2 rings (SSSR count). The molecule has 88 valence electrons. The maximum Gasteiger partial charge on any atom is 0.147 e. The first-order chi connectivity index (χ1) is 7.57. The third-order valence-corrected chi connectivity index (χ3v) is 2.89. The third-order valence-electron chi connectivity index (χ3n) is 2.89. The first-order valence-electron chi connectivity index (χ1n) is 5.77. The number of aromatic nitrogens is 2. The summed E-state index contributed by atoms with van der Waals surface area (Å²) in [6.07, 6.45) is 3.89. The molecule has 0 aliphatic carbocycles. The van der Waals surface area contributed by atoms with Crippen molar-refractivity contribution in [2.75, 3.05) is 13.2 Å². The van der Waals surface area contributed by atoms with Crippen molar-refractivity contribution >= 4 is 0 Å². The Morgan fingerprint density at radius 1 is 1.38 bits per heavy atom. The lowest BCUT2D eigenvalue weighted by molar-refractivity contribution is 0.0844. The van der Waals surface area contributed by atoms with Crippen LogP contribution in [0.4, 0.5) is 0 Å². The van der Waals surface area contributed by atoms with Crippen LogP contribution in [0.3, 0.4) is 0 Å². The van der Waals surface area contributed by atoms with E-state index in [1.54, 1.807) is 0 Å². The van der Waals surface area contributed by atoms with Gasteiger partial charge in [-0.05, 0) is 32.8 Å². The molecule has 1 fully saturated rings. The Kier molecular flexibility index (Phi) is 3.21. The Balaban J connectivity index is 2.21. The summed E-state index contributed by atoms with van der Waals surface area (Å²) in [6, 6.07) is 1.99. The molecule has 1 aliphatic heterocycles. The molecule has 0 radical (unpaired) electrons. The number of hydrogen-bond donors (Lipinski definition) is 1. The van der Waals surface area contributed by atoms with Crippen molar-refractivity contribution in [3.8, 4) is 0 Å². The molecule has 0 bridgehead atoms. The van der Waals surface area contributed by atoms with Crippen LogP contribution in [0.15, 0.2) is 12.3 Å². The Hall–Kier alpha value is -1.00. The number of nitrogens with two attached hydrogens (primary N) is 1. The molecule has 0 atom stereocenters. The van der Waals surface area contributed by atoms with Crippen molar-refractivity contribution in [1.29, 1.82) is 0 Å². The van der Waals surface area contributed by atoms with E-state index in [4.69, 9.17) is 10.5 Å². The summed E-state index contributed by atoms with van der Waals surface area (Å²) < 4.78 is 5.35. The fourth-order valence-electron chi connectivity index (χ4n) is 1.90. The van der Waals surface area contributed by atoms with E-state index in [-0.39, 0.29) is 0 Å². The number of nitrogens with zero attached hydrogens (tertiary/aromatic N) is 2. The van der Waals surface area contributed by atoms with Gasteiger partial charge in [0.2, 0.25) is 0 Å². The first-order valence-corrected chi connectivity index (χ1v) is 5.77. The molecule has 1 saturated heterocycles. The van der Waals surface area contributed by atoms with Gasteiger partial charge < -0.3 is 10.5 Å². The average molecular weight is 221 g/mol. The maximum absolute atomic E-state index is 6.01. The van der Waals surface area contributed by atoms with Crippen molar-refractivity contribution in [2.45, 2.75) is 38.1 Å². The zero-order chi connectivity index (χ0) is 11.6. The monoisotopic (exact) mass is 221 g/mol. The second-order valence-electron chi connectivity index (χ2n) is 4.91. The summed E-state index contributed by atoms with van der Waals surface area (Å²) in [7, 11) is 0. The topological polar surface area (TPSA) is 61.0 Å². The standard InChI is InChI=1S/C12H19N3O/c1-12(2,13)11-14-6-3-10(15-11)9-4-7-16-8-5-9/h3,6,9H,4-5,7-8,13H2,1-2H3. The number of hydrogen-bond acceptors (Lipinski definition) is 4. The smallest absolute Gasteiger partial charge is 0.147 e. The van der Waals surface area contributed by atoms with Crippen molar-refractivity contribution in [3.05, 3.63) is 23.8 Å². The van der Waals surface area contributed by atoms with E-state index in [0.29, 0.717) is 5.92 Å². The van der Waals surface area contributed by atoms with Crippen LogP contribution in [0.5, 0.6) is 0 Å². The fourth-order valence-corrected chi connectivity index (χ4v) is 1.90. The van der Waals surface area contributed by atoms with Gasteiger partial charge in [-0.25, -0.2) is 9.97 Å². The van der Waals surface area contributed by atoms with Gasteiger partial charge in [-0.1, -0.05) is 0 Å². The molecule has 1 aliphatic rings. The van der Waals surface area contributed by atoms with Gasteiger partial charge in [0, 0.05) is 31.0 Å². The highest BCUT2D eigenvalue weighted by molar-refractivity contribution is 5.12. The highest BCUT2D eigenvalue weighted by Gasteiger charge is 2.21. The van der Waals surface area contributed by atoms with Crippen molar-refractivity contribution in [2.24, 2.45) is 5.73 Å². The van der Waals surface area contributed by atoms with Gasteiger partial charge in [-0.15, -0.1) is 0 Å². The van der Waals surface area contributed by atoms with E-state index in [9.17, 15) is 0 Å². The van der Waals surface area contributed by atoms with E-state index in [1.165, 1.54) is 0 Å². The van der Waals surface area contributed by atoms with Gasteiger partial charge >= 0.3 is 0 Å². The SMILES string of the molecule is CC(C)(N)c1nccc(C2CCOCC2)n1. The lowest BCUT2D eigenvalue weighted by atomic mass is 9.96. The van der Waals surface area contributed by atoms with Crippen molar-refractivity contribution < 1.29 is 4.74 Å². The average Bonchev–Trinajstić information content (AvgIpc) is 2.29. The van der Waals surface area contributed by atoms with Crippen LogP contribution in [0.2, 0.25) is 0 Å². The van der Waals surface area contributed by atoms with Gasteiger partial charge in [0.25, 0.3) is 0 Å². The molecule has 0 unspecified atom stereocenters. The minimum Gasteiger partial charge on any atom is -0.381 e. The molecular weight excluding hydrogens is 202 g/mol. The highest BCUT2D eigenvalue weighted by Crippen LogP contribution is 2.25. The Morgan fingerprint density at radius 3 is 2.69 bits per heavy atom. The van der Waals surface area contributed by atoms with Gasteiger partial charge in [0.15, 0.2) is 0 Å². The van der Waals surface area contributed by atoms with E-state index >= 15 is 0 Å². The quantitative estimate of drug-likeness (QED) is 0.823. The predicted molar refractivity (Wildman–Crippen MR) is 62.0 cm³/mol. The Bertz CT molecular complexity index is 354. The zero-order valence-electron chi connectivity index (χ0n) is 9.94. The Labute approximate surface area is 96.2 Å². The number of ether oxygens (including phenoxy) is 1. The molecular formula is C12H19N3O. The van der Waals surface area contributed by atoms with Gasteiger partial charge in [0.05, 0.1) is 5.54 Å². The molecule has 1 aromatic rings. The molecule has 16 heavy (non-hydrogen) atoms. The first kappa shape index (κ1) is 11.5. The lowest BCUT2D eigenvalue weighted by Gasteiger charge is -2.23. The largest absolute Gasteiger partial charge is 0.381 e. The third kappa shape index (κ3) is 2.57. The van der Waals surface area contributed by atoms with Crippen LogP contribution in [0.25, 0.3) is 0 Å². The molecule has 1 aromatic heterocycles. The molecule has 2 heterocycles. The summed E-state index contributed by atoms with van der Waals surface area (Å²) in [5.41, 5.74) is 6.64. The van der Waals surface area contributed by atoms with E-state index in [0.717, 1.165) is 37.6 Å². The number of rotatable bonds is 2. The molecule has 0 aromatic carbocycles. The summed E-state index contributed by atoms with van der Waals surface area (Å²) in [6.45, 7) is 5.51. The molecule has 4 nitrogen and oxygen atoms in total. The van der Waals surface area contributed by atoms with Gasteiger partial charge in [-0.2, -0.15) is 0 Å². The van der Waals surface area contributed by atoms with Crippen molar-refractivity contribution in [3.63, 3.8) is 0 Å². The Morgan fingerprint density at radius 2 is 2.06 bits per heavy atom. The van der Waals surface area contributed by atoms with Crippen LogP contribution >= 0.6 is 0 Å². The molecule has 0 saturated carbocycles. The van der Waals surface area contributed by atoms with E-state index in [1.807, 2.05) is 26.1 Å². The lowest BCUT2D eigenvalue weighted by Crippen LogP contribution is -2.31. The molecule has 2 N–H and O–H groups in total.